The predicted octanol–water partition coefficient (Wildman–Crippen LogP) is 7.12. The maximum Gasteiger partial charge on any atom is 0.323 e. The average Bonchev–Trinajstić information content (AvgIpc) is 3.47. The van der Waals surface area contributed by atoms with E-state index in [1.807, 2.05) is 43.5 Å². The molecule has 4 N–H and O–H groups in total. The molecule has 0 spiro atoms. The van der Waals surface area contributed by atoms with Gasteiger partial charge < -0.3 is 20.9 Å². The molecule has 0 amide bonds. The lowest BCUT2D eigenvalue weighted by Gasteiger charge is -2.14. The van der Waals surface area contributed by atoms with E-state index in [2.05, 4.69) is 15.9 Å². The number of nitrogen functional groups attached to an aromatic ring is 1. The summed E-state index contributed by atoms with van der Waals surface area (Å²) in [4.78, 5) is 24.7. The lowest BCUT2D eigenvalue weighted by molar-refractivity contribution is -0.146. The number of halogens is 1. The summed E-state index contributed by atoms with van der Waals surface area (Å²) < 4.78 is 10.9. The fourth-order valence-electron chi connectivity index (χ4n) is 4.15. The first-order chi connectivity index (χ1) is 20.7. The van der Waals surface area contributed by atoms with E-state index in [-0.39, 0.29) is 30.3 Å². The van der Waals surface area contributed by atoms with Gasteiger partial charge in [-0.2, -0.15) is 5.26 Å². The Morgan fingerprint density at radius 3 is 2.49 bits per heavy atom. The van der Waals surface area contributed by atoms with Crippen LogP contribution in [0.2, 0.25) is 5.02 Å². The second kappa shape index (κ2) is 14.9. The maximum absolute atomic E-state index is 12.0. The molecule has 43 heavy (non-hydrogen) atoms. The SMILES string of the molecule is [C-]#[N+]c1c(N)nc(SCc2csc(-c3ccc(Cl)cc3)n2)c(C#N)c1-c1ccc(OCCOC(=O)[C@@H](N)CC(C)C)cc1. The molecule has 4 aromatic rings. The molecule has 2 heterocycles. The van der Waals surface area contributed by atoms with Gasteiger partial charge in [-0.25, -0.2) is 14.8 Å². The van der Waals surface area contributed by atoms with E-state index in [0.29, 0.717) is 45.0 Å². The van der Waals surface area contributed by atoms with Crippen LogP contribution in [0.15, 0.2) is 58.9 Å². The lowest BCUT2D eigenvalue weighted by Crippen LogP contribution is -2.34. The third-order valence-electron chi connectivity index (χ3n) is 6.16. The van der Waals surface area contributed by atoms with Crippen molar-refractivity contribution in [2.24, 2.45) is 11.7 Å². The summed E-state index contributed by atoms with van der Waals surface area (Å²) in [5.41, 5.74) is 15.2. The van der Waals surface area contributed by atoms with E-state index in [4.69, 9.17) is 44.1 Å². The number of nitriles is 1. The predicted molar refractivity (Wildman–Crippen MR) is 171 cm³/mol. The van der Waals surface area contributed by atoms with Gasteiger partial charge in [0.2, 0.25) is 5.69 Å². The molecule has 0 aliphatic heterocycles. The number of ether oxygens (including phenoxy) is 2. The molecule has 0 bridgehead atoms. The van der Waals surface area contributed by atoms with Crippen LogP contribution in [0.3, 0.4) is 0 Å². The number of nitrogens with two attached hydrogens (primary N) is 2. The maximum atomic E-state index is 12.0. The van der Waals surface area contributed by atoms with Crippen LogP contribution >= 0.6 is 34.7 Å². The Kier molecular flexibility index (Phi) is 11.0. The van der Waals surface area contributed by atoms with Crippen LogP contribution in [0.4, 0.5) is 11.5 Å². The van der Waals surface area contributed by atoms with E-state index < -0.39 is 12.0 Å². The monoisotopic (exact) mass is 632 g/mol. The van der Waals surface area contributed by atoms with Crippen LogP contribution in [0.25, 0.3) is 26.5 Å². The summed E-state index contributed by atoms with van der Waals surface area (Å²) in [7, 11) is 0. The van der Waals surface area contributed by atoms with Gasteiger partial charge in [0.15, 0.2) is 0 Å². The number of thioether (sulfide) groups is 1. The summed E-state index contributed by atoms with van der Waals surface area (Å²) in [6, 6.07) is 16.0. The second-order valence-electron chi connectivity index (χ2n) is 9.84. The molecule has 12 heteroatoms. The quantitative estimate of drug-likeness (QED) is 0.0722. The number of carbonyl (C=O) groups is 1. The summed E-state index contributed by atoms with van der Waals surface area (Å²) in [5.74, 6) is 0.876. The molecule has 220 valence electrons. The first kappa shape index (κ1) is 31.8. The van der Waals surface area contributed by atoms with Crippen molar-refractivity contribution in [1.29, 1.82) is 5.26 Å². The fourth-order valence-corrected chi connectivity index (χ4v) is 6.09. The molecule has 0 fully saturated rings. The smallest absolute Gasteiger partial charge is 0.323 e. The molecule has 0 unspecified atom stereocenters. The molecule has 2 aromatic carbocycles. The Bertz CT molecular complexity index is 1660. The van der Waals surface area contributed by atoms with Gasteiger partial charge in [-0.1, -0.05) is 61.5 Å². The third kappa shape index (κ3) is 8.25. The van der Waals surface area contributed by atoms with Crippen molar-refractivity contribution >= 4 is 52.2 Å². The van der Waals surface area contributed by atoms with Crippen molar-refractivity contribution < 1.29 is 14.3 Å². The number of carbonyl (C=O) groups excluding carboxylic acids is 1. The number of anilines is 1. The van der Waals surface area contributed by atoms with E-state index in [0.717, 1.165) is 16.3 Å². The number of aromatic nitrogens is 2. The van der Waals surface area contributed by atoms with Crippen molar-refractivity contribution in [3.05, 3.63) is 81.6 Å². The van der Waals surface area contributed by atoms with Crippen molar-refractivity contribution in [1.82, 2.24) is 9.97 Å². The number of nitrogens with zero attached hydrogens (tertiary/aromatic N) is 4. The highest BCUT2D eigenvalue weighted by molar-refractivity contribution is 7.98. The van der Waals surface area contributed by atoms with Crippen molar-refractivity contribution in [2.75, 3.05) is 18.9 Å². The van der Waals surface area contributed by atoms with Gasteiger partial charge in [0.25, 0.3) is 0 Å². The highest BCUT2D eigenvalue weighted by atomic mass is 35.5. The molecule has 4 rings (SSSR count). The minimum atomic E-state index is -0.658. The Hall–Kier alpha value is -4.13. The zero-order valence-corrected chi connectivity index (χ0v) is 25.9. The Morgan fingerprint density at radius 2 is 1.84 bits per heavy atom. The Balaban J connectivity index is 1.46. The van der Waals surface area contributed by atoms with Crippen molar-refractivity contribution in [3.8, 4) is 33.5 Å². The van der Waals surface area contributed by atoms with E-state index in [1.54, 1.807) is 24.3 Å². The number of pyridine rings is 1. The van der Waals surface area contributed by atoms with Crippen molar-refractivity contribution in [3.63, 3.8) is 0 Å². The van der Waals surface area contributed by atoms with Crippen molar-refractivity contribution in [2.45, 2.75) is 37.1 Å². The minimum absolute atomic E-state index is 0.0458. The summed E-state index contributed by atoms with van der Waals surface area (Å²) in [5, 5.41) is 14.0. The lowest BCUT2D eigenvalue weighted by atomic mass is 10.00. The van der Waals surface area contributed by atoms with E-state index in [1.165, 1.54) is 23.1 Å². The summed E-state index contributed by atoms with van der Waals surface area (Å²) in [6.45, 7) is 11.9. The molecule has 0 radical (unpaired) electrons. The fraction of sp³-hybridized carbons (Fsp3) is 0.258. The molecule has 2 aromatic heterocycles. The summed E-state index contributed by atoms with van der Waals surface area (Å²) in [6.07, 6.45) is 0.550. The molecule has 1 atom stereocenters. The van der Waals surface area contributed by atoms with Gasteiger partial charge in [-0.05, 0) is 42.2 Å². The van der Waals surface area contributed by atoms with Gasteiger partial charge in [-0.15, -0.1) is 11.3 Å². The van der Waals surface area contributed by atoms with Crippen LogP contribution in [0, 0.1) is 23.8 Å². The first-order valence-electron chi connectivity index (χ1n) is 13.3. The Morgan fingerprint density at radius 1 is 1.14 bits per heavy atom. The molecule has 0 aliphatic carbocycles. The zero-order valence-electron chi connectivity index (χ0n) is 23.5. The zero-order chi connectivity index (χ0) is 30.9. The summed E-state index contributed by atoms with van der Waals surface area (Å²) >= 11 is 8.85. The largest absolute Gasteiger partial charge is 0.490 e. The number of hydrogen-bond acceptors (Lipinski definition) is 10. The average molecular weight is 633 g/mol. The van der Waals surface area contributed by atoms with Crippen LogP contribution in [-0.4, -0.2) is 35.2 Å². The highest BCUT2D eigenvalue weighted by Gasteiger charge is 2.21. The topological polar surface area (TPSA) is 142 Å². The standard InChI is InChI=1S/C31H29ClN6O3S2/c1-18(2)14-25(34)31(39)41-13-12-40-23-10-6-19(7-11-23)26-24(15-33)30(38-28(35)27(26)36-3)43-17-22-16-42-29(37-22)20-4-8-21(32)9-5-20/h4-11,16,18,25H,12-14,17,34H2,1-2H3,(H2,35,38)/t25-/m0/s1. The van der Waals surface area contributed by atoms with Gasteiger partial charge >= 0.3 is 5.97 Å². The molecular weight excluding hydrogens is 604 g/mol. The molecule has 0 saturated heterocycles. The first-order valence-corrected chi connectivity index (χ1v) is 15.5. The van der Waals surface area contributed by atoms with E-state index >= 15 is 0 Å². The number of thiazole rings is 1. The molecule has 0 saturated carbocycles. The normalized spacial score (nSPS) is 11.5. The van der Waals surface area contributed by atoms with Crippen LogP contribution in [0.1, 0.15) is 31.5 Å². The number of hydrogen-bond donors (Lipinski definition) is 2. The number of rotatable bonds is 12. The molecule has 9 nitrogen and oxygen atoms in total. The van der Waals surface area contributed by atoms with Gasteiger partial charge in [0, 0.05) is 27.3 Å². The van der Waals surface area contributed by atoms with Crippen LogP contribution in [-0.2, 0) is 15.3 Å². The minimum Gasteiger partial charge on any atom is -0.490 e. The Labute approximate surface area is 263 Å². The van der Waals surface area contributed by atoms with E-state index in [9.17, 15) is 10.1 Å². The van der Waals surface area contributed by atoms with Crippen LogP contribution in [0.5, 0.6) is 5.75 Å². The van der Waals surface area contributed by atoms with Gasteiger partial charge in [-0.3, -0.25) is 4.79 Å². The molecular formula is C31H29ClN6O3S2. The number of esters is 1. The second-order valence-corrected chi connectivity index (χ2v) is 12.1. The highest BCUT2D eigenvalue weighted by Crippen LogP contribution is 2.42. The van der Waals surface area contributed by atoms with Crippen LogP contribution < -0.4 is 16.2 Å². The molecule has 0 aliphatic rings. The van der Waals surface area contributed by atoms with Gasteiger partial charge in [0.05, 0.1) is 17.8 Å². The van der Waals surface area contributed by atoms with Gasteiger partial charge in [0.1, 0.15) is 46.9 Å². The number of benzene rings is 2. The third-order valence-corrected chi connectivity index (χ3v) is 8.36.